The monoisotopic (exact) mass is 351 g/mol. The fourth-order valence-corrected chi connectivity index (χ4v) is 4.23. The van der Waals surface area contributed by atoms with Gasteiger partial charge in [0.2, 0.25) is 11.8 Å². The van der Waals surface area contributed by atoms with E-state index in [0.717, 1.165) is 6.54 Å². The van der Waals surface area contributed by atoms with Gasteiger partial charge in [0, 0.05) is 26.6 Å². The molecule has 8 heteroatoms. The molecule has 7 nitrogen and oxygen atoms in total. The van der Waals surface area contributed by atoms with Crippen molar-refractivity contribution in [1.82, 2.24) is 25.0 Å². The maximum atomic E-state index is 12.2. The molecule has 1 aromatic rings. The summed E-state index contributed by atoms with van der Waals surface area (Å²) in [5, 5.41) is 11.4. The number of nitrogens with one attached hydrogen (secondary N) is 1. The van der Waals surface area contributed by atoms with E-state index in [0.29, 0.717) is 29.8 Å². The minimum atomic E-state index is -0.0614. The van der Waals surface area contributed by atoms with Crippen LogP contribution in [0.25, 0.3) is 0 Å². The summed E-state index contributed by atoms with van der Waals surface area (Å²) in [4.78, 5) is 26.2. The second-order valence-corrected chi connectivity index (χ2v) is 7.73. The number of carbonyl (C=O) groups is 2. The zero-order chi connectivity index (χ0) is 16.9. The lowest BCUT2D eigenvalue weighted by atomic mass is 9.89. The Kier molecular flexibility index (Phi) is 5.76. The number of nitrogens with zero attached hydrogens (tertiary/aromatic N) is 4. The van der Waals surface area contributed by atoms with E-state index in [1.807, 2.05) is 11.9 Å². The number of hydrogen-bond acceptors (Lipinski definition) is 5. The smallest absolute Gasteiger partial charge is 0.230 e. The molecule has 132 valence electrons. The van der Waals surface area contributed by atoms with Crippen LogP contribution in [0.3, 0.4) is 0 Å². The molecule has 0 bridgehead atoms. The molecule has 0 radical (unpaired) electrons. The maximum Gasteiger partial charge on any atom is 0.230 e. The molecule has 1 saturated heterocycles. The molecule has 0 aromatic carbocycles. The van der Waals surface area contributed by atoms with Crippen molar-refractivity contribution in [3.63, 3.8) is 0 Å². The number of thioether (sulfide) groups is 1. The van der Waals surface area contributed by atoms with Crippen molar-refractivity contribution in [3.05, 3.63) is 6.33 Å². The first-order valence-corrected chi connectivity index (χ1v) is 9.64. The molecule has 1 aliphatic heterocycles. The third-order valence-corrected chi connectivity index (χ3v) is 5.82. The highest BCUT2D eigenvalue weighted by molar-refractivity contribution is 7.99. The minimum absolute atomic E-state index is 0.0553. The summed E-state index contributed by atoms with van der Waals surface area (Å²) in [5.41, 5.74) is 0. The first-order valence-electron chi connectivity index (χ1n) is 8.65. The van der Waals surface area contributed by atoms with Crippen LogP contribution < -0.4 is 5.32 Å². The Morgan fingerprint density at radius 2 is 2.17 bits per heavy atom. The third-order valence-electron chi connectivity index (χ3n) is 4.79. The molecule has 1 N–H and O–H groups in total. The van der Waals surface area contributed by atoms with Gasteiger partial charge in [-0.1, -0.05) is 31.0 Å². The van der Waals surface area contributed by atoms with Crippen LogP contribution in [0.2, 0.25) is 0 Å². The van der Waals surface area contributed by atoms with Gasteiger partial charge in [-0.15, -0.1) is 10.2 Å². The molecule has 3 rings (SSSR count). The Balaban J connectivity index is 1.41. The van der Waals surface area contributed by atoms with Gasteiger partial charge in [-0.25, -0.2) is 0 Å². The highest BCUT2D eigenvalue weighted by Gasteiger charge is 2.32. The van der Waals surface area contributed by atoms with E-state index in [4.69, 9.17) is 0 Å². The highest BCUT2D eigenvalue weighted by Crippen LogP contribution is 2.26. The van der Waals surface area contributed by atoms with Crippen molar-refractivity contribution in [2.45, 2.75) is 49.7 Å². The lowest BCUT2D eigenvalue weighted by molar-refractivity contribution is -0.128. The quantitative estimate of drug-likeness (QED) is 0.779. The Morgan fingerprint density at radius 1 is 1.38 bits per heavy atom. The molecule has 2 heterocycles. The number of rotatable bonds is 6. The SMILES string of the molecule is Cn1cnnc1SCC(=O)NC1CC(=O)N(CC2CCCCC2)C1. The number of aromatic nitrogens is 3. The average molecular weight is 351 g/mol. The van der Waals surface area contributed by atoms with Gasteiger partial charge in [0.15, 0.2) is 5.16 Å². The predicted octanol–water partition coefficient (Wildman–Crippen LogP) is 1.20. The van der Waals surface area contributed by atoms with Crippen molar-refractivity contribution < 1.29 is 9.59 Å². The molecule has 2 amide bonds. The second kappa shape index (κ2) is 8.00. The Hall–Kier alpha value is -1.57. The Labute approximate surface area is 146 Å². The minimum Gasteiger partial charge on any atom is -0.350 e. The lowest BCUT2D eigenvalue weighted by Gasteiger charge is -2.27. The topological polar surface area (TPSA) is 80.1 Å². The number of carbonyl (C=O) groups excluding carboxylic acids is 2. The number of aryl methyl sites for hydroxylation is 1. The van der Waals surface area contributed by atoms with Gasteiger partial charge in [0.1, 0.15) is 6.33 Å². The standard InChI is InChI=1S/C16H25N5O2S/c1-20-11-17-19-16(20)24-10-14(22)18-13-7-15(23)21(9-13)8-12-5-3-2-4-6-12/h11-13H,2-10H2,1H3,(H,18,22). The predicted molar refractivity (Wildman–Crippen MR) is 91.4 cm³/mol. The normalized spacial score (nSPS) is 22.1. The van der Waals surface area contributed by atoms with Gasteiger partial charge in [-0.05, 0) is 18.8 Å². The van der Waals surface area contributed by atoms with Crippen LogP contribution in [0, 0.1) is 5.92 Å². The molecular formula is C16H25N5O2S. The largest absolute Gasteiger partial charge is 0.350 e. The molecule has 1 aromatic heterocycles. The summed E-state index contributed by atoms with van der Waals surface area (Å²) in [6.45, 7) is 1.51. The number of hydrogen-bond donors (Lipinski definition) is 1. The first-order chi connectivity index (χ1) is 11.6. The third kappa shape index (κ3) is 4.49. The van der Waals surface area contributed by atoms with E-state index in [9.17, 15) is 9.59 Å². The number of amides is 2. The average Bonchev–Trinajstić information content (AvgIpc) is 3.12. The second-order valence-electron chi connectivity index (χ2n) is 6.78. The zero-order valence-corrected chi connectivity index (χ0v) is 14.9. The van der Waals surface area contributed by atoms with E-state index < -0.39 is 0 Å². The van der Waals surface area contributed by atoms with Gasteiger partial charge in [-0.2, -0.15) is 0 Å². The van der Waals surface area contributed by atoms with Gasteiger partial charge >= 0.3 is 0 Å². The molecule has 2 aliphatic rings. The zero-order valence-electron chi connectivity index (χ0n) is 14.1. The molecule has 24 heavy (non-hydrogen) atoms. The van der Waals surface area contributed by atoms with E-state index in [1.54, 1.807) is 10.9 Å². The maximum absolute atomic E-state index is 12.2. The van der Waals surface area contributed by atoms with E-state index >= 15 is 0 Å². The van der Waals surface area contributed by atoms with Crippen molar-refractivity contribution in [3.8, 4) is 0 Å². The van der Waals surface area contributed by atoms with Crippen molar-refractivity contribution in [2.75, 3.05) is 18.8 Å². The molecule has 0 spiro atoms. The Bertz CT molecular complexity index is 585. The summed E-state index contributed by atoms with van der Waals surface area (Å²) in [5.74, 6) is 1.05. The molecule has 1 aliphatic carbocycles. The lowest BCUT2D eigenvalue weighted by Crippen LogP contribution is -2.39. The van der Waals surface area contributed by atoms with Crippen LogP contribution in [0.15, 0.2) is 11.5 Å². The van der Waals surface area contributed by atoms with Gasteiger partial charge in [-0.3, -0.25) is 9.59 Å². The summed E-state index contributed by atoms with van der Waals surface area (Å²) in [6.07, 6.45) is 8.39. The van der Waals surface area contributed by atoms with Crippen LogP contribution in [0.5, 0.6) is 0 Å². The molecule has 2 fully saturated rings. The number of likely N-dealkylation sites (tertiary alicyclic amines) is 1. The molecule has 1 saturated carbocycles. The molecule has 1 unspecified atom stereocenters. The fraction of sp³-hybridized carbons (Fsp3) is 0.750. The van der Waals surface area contributed by atoms with E-state index in [2.05, 4.69) is 15.5 Å². The van der Waals surface area contributed by atoms with Crippen molar-refractivity contribution >= 4 is 23.6 Å². The summed E-state index contributed by atoms with van der Waals surface area (Å²) >= 11 is 1.35. The van der Waals surface area contributed by atoms with Crippen LogP contribution in [0.4, 0.5) is 0 Å². The van der Waals surface area contributed by atoms with E-state index in [1.165, 1.54) is 43.9 Å². The summed E-state index contributed by atoms with van der Waals surface area (Å²) in [6, 6.07) is -0.0614. The van der Waals surface area contributed by atoms with E-state index in [-0.39, 0.29) is 17.9 Å². The van der Waals surface area contributed by atoms with Crippen LogP contribution >= 0.6 is 11.8 Å². The molecular weight excluding hydrogens is 326 g/mol. The van der Waals surface area contributed by atoms with Crippen LogP contribution in [0.1, 0.15) is 38.5 Å². The van der Waals surface area contributed by atoms with Gasteiger partial charge < -0.3 is 14.8 Å². The summed E-state index contributed by atoms with van der Waals surface area (Å²) in [7, 11) is 1.85. The van der Waals surface area contributed by atoms with Gasteiger partial charge in [0.05, 0.1) is 11.8 Å². The molecule has 1 atom stereocenters. The Morgan fingerprint density at radius 3 is 2.88 bits per heavy atom. The van der Waals surface area contributed by atoms with Crippen molar-refractivity contribution in [2.24, 2.45) is 13.0 Å². The van der Waals surface area contributed by atoms with Crippen molar-refractivity contribution in [1.29, 1.82) is 0 Å². The highest BCUT2D eigenvalue weighted by atomic mass is 32.2. The van der Waals surface area contributed by atoms with Crippen LogP contribution in [-0.2, 0) is 16.6 Å². The van der Waals surface area contributed by atoms with Gasteiger partial charge in [0.25, 0.3) is 0 Å². The first kappa shape index (κ1) is 17.3. The van der Waals surface area contributed by atoms with Crippen LogP contribution in [-0.4, -0.2) is 56.4 Å². The summed E-state index contributed by atoms with van der Waals surface area (Å²) < 4.78 is 1.78. The fourth-order valence-electron chi connectivity index (χ4n) is 3.53.